The first-order chi connectivity index (χ1) is 11.2. The average molecular weight is 331 g/mol. The monoisotopic (exact) mass is 330 g/mol. The number of hydrogen-bond donors (Lipinski definition) is 2. The maximum Gasteiger partial charge on any atom is 0.323 e. The molecule has 1 aliphatic heterocycles. The summed E-state index contributed by atoms with van der Waals surface area (Å²) in [6.45, 7) is 2.14. The van der Waals surface area contributed by atoms with E-state index in [1.165, 1.54) is 19.3 Å². The van der Waals surface area contributed by atoms with Gasteiger partial charge in [0, 0.05) is 30.7 Å². The number of carbonyl (C=O) groups is 1. The summed E-state index contributed by atoms with van der Waals surface area (Å²) >= 11 is 5.94. The van der Waals surface area contributed by atoms with Crippen LogP contribution in [0.2, 0.25) is 5.15 Å². The molecule has 3 rings (SSSR count). The zero-order valence-corrected chi connectivity index (χ0v) is 13.5. The Labute approximate surface area is 140 Å². The van der Waals surface area contributed by atoms with E-state index in [4.69, 9.17) is 11.6 Å². The molecule has 2 aromatic rings. The topological polar surface area (TPSA) is 57.3 Å². The predicted molar refractivity (Wildman–Crippen MR) is 94.4 cm³/mol. The second kappa shape index (κ2) is 7.33. The minimum Gasteiger partial charge on any atom is -0.371 e. The number of aromatic nitrogens is 1. The lowest BCUT2D eigenvalue weighted by Gasteiger charge is -2.29. The molecule has 0 bridgehead atoms. The van der Waals surface area contributed by atoms with Gasteiger partial charge in [-0.05, 0) is 49.6 Å². The van der Waals surface area contributed by atoms with Crippen LogP contribution in [0.15, 0.2) is 42.6 Å². The summed E-state index contributed by atoms with van der Waals surface area (Å²) in [5, 5.41) is 5.80. The van der Waals surface area contributed by atoms with Gasteiger partial charge < -0.3 is 15.5 Å². The fraction of sp³-hybridized carbons (Fsp3) is 0.294. The van der Waals surface area contributed by atoms with Crippen LogP contribution in [0.5, 0.6) is 0 Å². The number of anilines is 3. The molecule has 0 radical (unpaired) electrons. The summed E-state index contributed by atoms with van der Waals surface area (Å²) in [6.07, 6.45) is 5.31. The summed E-state index contributed by atoms with van der Waals surface area (Å²) in [6, 6.07) is 11.0. The van der Waals surface area contributed by atoms with Crippen LogP contribution in [0.4, 0.5) is 21.9 Å². The lowest BCUT2D eigenvalue weighted by molar-refractivity contribution is 0.262. The molecule has 120 valence electrons. The number of carbonyl (C=O) groups excluding carboxylic acids is 1. The summed E-state index contributed by atoms with van der Waals surface area (Å²) in [7, 11) is 0. The van der Waals surface area contributed by atoms with Gasteiger partial charge >= 0.3 is 6.03 Å². The molecule has 1 fully saturated rings. The van der Waals surface area contributed by atoms with E-state index in [1.54, 1.807) is 18.3 Å². The third-order valence-electron chi connectivity index (χ3n) is 3.83. The standard InChI is InChI=1S/C17H19ClN4O/c18-16-15(8-5-9-19-16)21-17(23)20-13-6-4-7-14(12-13)22-10-2-1-3-11-22/h4-9,12H,1-3,10-11H2,(H2,20,21,23). The van der Waals surface area contributed by atoms with Crippen LogP contribution in [-0.4, -0.2) is 24.1 Å². The highest BCUT2D eigenvalue weighted by Gasteiger charge is 2.12. The second-order valence-electron chi connectivity index (χ2n) is 5.52. The number of piperidine rings is 1. The minimum atomic E-state index is -0.337. The first kappa shape index (κ1) is 15.6. The Morgan fingerprint density at radius 3 is 2.70 bits per heavy atom. The van der Waals surface area contributed by atoms with E-state index in [0.717, 1.165) is 24.5 Å². The molecular formula is C17H19ClN4O. The van der Waals surface area contributed by atoms with E-state index in [0.29, 0.717) is 5.69 Å². The Morgan fingerprint density at radius 2 is 1.91 bits per heavy atom. The minimum absolute atomic E-state index is 0.268. The maximum absolute atomic E-state index is 12.1. The van der Waals surface area contributed by atoms with Gasteiger partial charge in [0.2, 0.25) is 0 Å². The number of urea groups is 1. The normalized spacial score (nSPS) is 14.4. The Balaban J connectivity index is 1.65. The highest BCUT2D eigenvalue weighted by Crippen LogP contribution is 2.23. The highest BCUT2D eigenvalue weighted by molar-refractivity contribution is 6.32. The molecule has 1 aromatic carbocycles. The van der Waals surface area contributed by atoms with Crippen molar-refractivity contribution in [3.63, 3.8) is 0 Å². The molecule has 2 N–H and O–H groups in total. The maximum atomic E-state index is 12.1. The lowest BCUT2D eigenvalue weighted by Crippen LogP contribution is -2.29. The van der Waals surface area contributed by atoms with Crippen molar-refractivity contribution in [1.82, 2.24) is 4.98 Å². The third-order valence-corrected chi connectivity index (χ3v) is 4.13. The van der Waals surface area contributed by atoms with E-state index in [2.05, 4.69) is 26.6 Å². The number of nitrogens with zero attached hydrogens (tertiary/aromatic N) is 2. The Bertz CT molecular complexity index is 686. The van der Waals surface area contributed by atoms with Gasteiger partial charge in [0.15, 0.2) is 5.15 Å². The van der Waals surface area contributed by atoms with E-state index in [1.807, 2.05) is 18.2 Å². The van der Waals surface area contributed by atoms with Crippen LogP contribution in [0.3, 0.4) is 0 Å². The van der Waals surface area contributed by atoms with Gasteiger partial charge in [0.25, 0.3) is 0 Å². The molecule has 0 unspecified atom stereocenters. The van der Waals surface area contributed by atoms with Crippen LogP contribution in [0, 0.1) is 0 Å². The van der Waals surface area contributed by atoms with E-state index in [-0.39, 0.29) is 11.2 Å². The van der Waals surface area contributed by atoms with E-state index >= 15 is 0 Å². The van der Waals surface area contributed by atoms with Gasteiger partial charge in [-0.2, -0.15) is 0 Å². The number of pyridine rings is 1. The first-order valence-electron chi connectivity index (χ1n) is 7.76. The molecule has 6 heteroatoms. The molecule has 0 atom stereocenters. The first-order valence-corrected chi connectivity index (χ1v) is 8.14. The Kier molecular flexibility index (Phi) is 4.98. The molecule has 1 aromatic heterocycles. The number of benzene rings is 1. The average Bonchev–Trinajstić information content (AvgIpc) is 2.58. The summed E-state index contributed by atoms with van der Waals surface area (Å²) < 4.78 is 0. The summed E-state index contributed by atoms with van der Waals surface area (Å²) in [4.78, 5) is 18.4. The van der Waals surface area contributed by atoms with Gasteiger partial charge in [-0.3, -0.25) is 0 Å². The molecule has 23 heavy (non-hydrogen) atoms. The molecule has 0 spiro atoms. The van der Waals surface area contributed by atoms with Gasteiger partial charge in [-0.1, -0.05) is 17.7 Å². The van der Waals surface area contributed by atoms with Crippen molar-refractivity contribution < 1.29 is 4.79 Å². The molecular weight excluding hydrogens is 312 g/mol. The SMILES string of the molecule is O=C(Nc1cccc(N2CCCCC2)c1)Nc1cccnc1Cl. The van der Waals surface area contributed by atoms with Crippen molar-refractivity contribution in [2.75, 3.05) is 28.6 Å². The number of halogens is 1. The smallest absolute Gasteiger partial charge is 0.323 e. The number of hydrogen-bond acceptors (Lipinski definition) is 3. The zero-order chi connectivity index (χ0) is 16.1. The quantitative estimate of drug-likeness (QED) is 0.822. The molecule has 2 amide bonds. The van der Waals surface area contributed by atoms with Crippen LogP contribution >= 0.6 is 11.6 Å². The van der Waals surface area contributed by atoms with Gasteiger partial charge in [0.1, 0.15) is 0 Å². The lowest BCUT2D eigenvalue weighted by atomic mass is 10.1. The van der Waals surface area contributed by atoms with Crippen molar-refractivity contribution in [2.45, 2.75) is 19.3 Å². The van der Waals surface area contributed by atoms with Crippen LogP contribution in [0.25, 0.3) is 0 Å². The van der Waals surface area contributed by atoms with Crippen LogP contribution < -0.4 is 15.5 Å². The summed E-state index contributed by atoms with van der Waals surface area (Å²) in [5.74, 6) is 0. The molecule has 1 saturated heterocycles. The van der Waals surface area contributed by atoms with Crippen molar-refractivity contribution in [3.8, 4) is 0 Å². The van der Waals surface area contributed by atoms with Gasteiger partial charge in [0.05, 0.1) is 5.69 Å². The highest BCUT2D eigenvalue weighted by atomic mass is 35.5. The molecule has 0 aliphatic carbocycles. The summed E-state index contributed by atoms with van der Waals surface area (Å²) in [5.41, 5.74) is 2.38. The number of amides is 2. The van der Waals surface area contributed by atoms with Crippen molar-refractivity contribution >= 4 is 34.7 Å². The Hall–Kier alpha value is -2.27. The Morgan fingerprint density at radius 1 is 1.09 bits per heavy atom. The molecule has 0 saturated carbocycles. The fourth-order valence-electron chi connectivity index (χ4n) is 2.70. The molecule has 2 heterocycles. The van der Waals surface area contributed by atoms with Crippen LogP contribution in [0.1, 0.15) is 19.3 Å². The number of nitrogens with one attached hydrogen (secondary N) is 2. The van der Waals surface area contributed by atoms with Crippen molar-refractivity contribution in [3.05, 3.63) is 47.7 Å². The van der Waals surface area contributed by atoms with Crippen LogP contribution in [-0.2, 0) is 0 Å². The van der Waals surface area contributed by atoms with E-state index in [9.17, 15) is 4.79 Å². The number of rotatable bonds is 3. The predicted octanol–water partition coefficient (Wildman–Crippen LogP) is 4.37. The van der Waals surface area contributed by atoms with Crippen molar-refractivity contribution in [1.29, 1.82) is 0 Å². The second-order valence-corrected chi connectivity index (χ2v) is 5.88. The van der Waals surface area contributed by atoms with E-state index < -0.39 is 0 Å². The molecule has 1 aliphatic rings. The zero-order valence-electron chi connectivity index (χ0n) is 12.8. The third kappa shape index (κ3) is 4.13. The van der Waals surface area contributed by atoms with Gasteiger partial charge in [-0.25, -0.2) is 9.78 Å². The fourth-order valence-corrected chi connectivity index (χ4v) is 2.86. The van der Waals surface area contributed by atoms with Gasteiger partial charge in [-0.15, -0.1) is 0 Å². The largest absolute Gasteiger partial charge is 0.371 e. The van der Waals surface area contributed by atoms with Crippen molar-refractivity contribution in [2.24, 2.45) is 0 Å². The molecule has 5 nitrogen and oxygen atoms in total.